The fraction of sp³-hybridized carbons (Fsp3) is 0. The van der Waals surface area contributed by atoms with E-state index in [1.54, 1.807) is 0 Å². The van der Waals surface area contributed by atoms with E-state index in [2.05, 4.69) is 162 Å². The van der Waals surface area contributed by atoms with Gasteiger partial charge in [-0.15, -0.1) is 25.3 Å². The largest absolute Gasteiger partial charge is 0.142 e. The number of hydrogen-bond donors (Lipinski definition) is 2. The molecule has 22 heavy (non-hydrogen) atoms. The molecule has 0 atom stereocenters. The van der Waals surface area contributed by atoms with E-state index < -0.39 is 0 Å². The van der Waals surface area contributed by atoms with Crippen LogP contribution in [-0.2, 0) is 0 Å². The van der Waals surface area contributed by atoms with Crippen LogP contribution < -0.4 is 0 Å². The maximum Gasteiger partial charge on any atom is 0.0275 e. The fourth-order valence-electron chi connectivity index (χ4n) is 0.998. The summed E-state index contributed by atoms with van der Waals surface area (Å²) in [4.78, 5) is 2.12. The van der Waals surface area contributed by atoms with Crippen molar-refractivity contribution in [3.05, 3.63) is 48.2 Å². The van der Waals surface area contributed by atoms with Gasteiger partial charge in [0.1, 0.15) is 0 Å². The molecule has 0 aliphatic carbocycles. The molecule has 0 heterocycles. The fourth-order valence-corrected chi connectivity index (χ4v) is 4.72. The average Bonchev–Trinajstić information content (AvgIpc) is 2.33. The van der Waals surface area contributed by atoms with E-state index in [9.17, 15) is 0 Å². The van der Waals surface area contributed by atoms with E-state index in [4.69, 9.17) is 0 Å². The minimum absolute atomic E-state index is 0. The molecule has 0 bridgehead atoms. The third-order valence-corrected chi connectivity index (χ3v) is 8.81. The van der Waals surface area contributed by atoms with Gasteiger partial charge in [0.15, 0.2) is 0 Å². The number of rotatable bonds is 0. The number of halogens is 5. The van der Waals surface area contributed by atoms with Gasteiger partial charge >= 0.3 is 0 Å². The molecular weight excluding hydrogens is 912 g/mol. The predicted molar refractivity (Wildman–Crippen MR) is 148 cm³/mol. The third-order valence-electron chi connectivity index (χ3n) is 1.90. The van der Waals surface area contributed by atoms with Crippen LogP contribution in [0.5, 0.6) is 0 Å². The van der Waals surface area contributed by atoms with E-state index in [1.807, 2.05) is 6.07 Å². The Morgan fingerprint density at radius 3 is 1.41 bits per heavy atom. The van der Waals surface area contributed by atoms with Crippen LogP contribution in [0, 0.1) is 17.9 Å². The first-order valence-electron chi connectivity index (χ1n) is 4.78. The first-order chi connectivity index (χ1) is 8.81. The normalized spacial score (nSPS) is 8.50. The number of benzene rings is 2. The smallest absolute Gasteiger partial charge is 0.0275 e. The summed E-state index contributed by atoms with van der Waals surface area (Å²) in [6, 6.07) is 10.4. The molecule has 0 spiro atoms. The van der Waals surface area contributed by atoms with Crippen molar-refractivity contribution in [2.24, 2.45) is 0 Å². The minimum atomic E-state index is 0. The summed E-state index contributed by atoms with van der Waals surface area (Å²) in [6.07, 6.45) is 0. The summed E-state index contributed by atoms with van der Waals surface area (Å²) < 4.78 is 6.21. The summed E-state index contributed by atoms with van der Waals surface area (Å²) in [7, 11) is 0. The maximum absolute atomic E-state index is 4.30. The molecule has 105 valence electrons. The summed E-state index contributed by atoms with van der Waals surface area (Å²) in [5.41, 5.74) is 0. The van der Waals surface area contributed by atoms with Crippen LogP contribution in [0.4, 0.5) is 0 Å². The molecule has 0 nitrogen and oxygen atoms in total. The standard InChI is InChI=1S/C6H3I3S.C6H4I2S.3Na/c7-3-1-5(9)6(10)2-4(3)8;7-4-1-2-5(8)6(9)3-4;;;/h1-2,10H;1-3,9H;;;. The average molecular weight is 919 g/mol. The second kappa shape index (κ2) is 17.6. The van der Waals surface area contributed by atoms with E-state index in [0.29, 0.717) is 0 Å². The van der Waals surface area contributed by atoms with Crippen molar-refractivity contribution in [1.82, 2.24) is 0 Å². The number of thiol groups is 2. The molecule has 0 aliphatic rings. The van der Waals surface area contributed by atoms with Gasteiger partial charge in [-0.05, 0) is 143 Å². The Balaban J connectivity index is -0.000000290. The van der Waals surface area contributed by atoms with Crippen LogP contribution in [0.2, 0.25) is 0 Å². The molecule has 0 aromatic heterocycles. The summed E-state index contributed by atoms with van der Waals surface area (Å²) in [5, 5.41) is 0. The first-order valence-corrected chi connectivity index (χ1v) is 11.1. The molecule has 2 aromatic rings. The van der Waals surface area contributed by atoms with Crippen LogP contribution >= 0.6 is 138 Å². The van der Waals surface area contributed by atoms with Crippen molar-refractivity contribution >= 4 is 227 Å². The Hall–Kier alpha value is 5.79. The van der Waals surface area contributed by atoms with Gasteiger partial charge in [-0.2, -0.15) is 0 Å². The Labute approximate surface area is 277 Å². The zero-order chi connectivity index (χ0) is 14.6. The molecule has 0 aliphatic heterocycles. The van der Waals surface area contributed by atoms with Gasteiger partial charge < -0.3 is 0 Å². The Kier molecular flexibility index (Phi) is 26.0. The van der Waals surface area contributed by atoms with Crippen LogP contribution in [-0.4, -0.2) is 88.7 Å². The zero-order valence-electron chi connectivity index (χ0n) is 12.2. The zero-order valence-corrected chi connectivity index (χ0v) is 30.7. The maximum atomic E-state index is 4.30. The third kappa shape index (κ3) is 13.1. The van der Waals surface area contributed by atoms with E-state index in [0.717, 1.165) is 9.79 Å². The molecule has 3 radical (unpaired) electrons. The quantitative estimate of drug-likeness (QED) is 0.142. The second-order valence-corrected chi connectivity index (χ2v) is 10.2. The van der Waals surface area contributed by atoms with Gasteiger partial charge in [-0.3, -0.25) is 0 Å². The molecule has 2 rings (SSSR count). The summed E-state index contributed by atoms with van der Waals surface area (Å²) >= 11 is 20.0. The van der Waals surface area contributed by atoms with Gasteiger partial charge in [-0.1, -0.05) is 0 Å². The van der Waals surface area contributed by atoms with Crippen molar-refractivity contribution in [3.63, 3.8) is 0 Å². The van der Waals surface area contributed by atoms with E-state index in [1.165, 1.54) is 17.9 Å². The first kappa shape index (κ1) is 32.5. The van der Waals surface area contributed by atoms with Crippen LogP contribution in [0.3, 0.4) is 0 Å². The Bertz CT molecular complexity index is 549. The Morgan fingerprint density at radius 1 is 0.545 bits per heavy atom. The monoisotopic (exact) mass is 918 g/mol. The molecule has 0 saturated heterocycles. The van der Waals surface area contributed by atoms with Crippen molar-refractivity contribution in [2.75, 3.05) is 0 Å². The summed E-state index contributed by atoms with van der Waals surface area (Å²) in [5.74, 6) is 0. The van der Waals surface area contributed by atoms with Crippen LogP contribution in [0.25, 0.3) is 0 Å². The predicted octanol–water partition coefficient (Wildman–Crippen LogP) is 5.83. The molecule has 0 unspecified atom stereocenters. The van der Waals surface area contributed by atoms with E-state index >= 15 is 0 Å². The topological polar surface area (TPSA) is 0 Å². The molecular formula is C12H7I5Na3S2. The SMILES string of the molecule is Sc1cc(I)c(I)cc1I.Sc1cc(I)ccc1I.[Na].[Na].[Na]. The van der Waals surface area contributed by atoms with Gasteiger partial charge in [0.25, 0.3) is 0 Å². The summed E-state index contributed by atoms with van der Waals surface area (Å²) in [6.45, 7) is 0. The van der Waals surface area contributed by atoms with Gasteiger partial charge in [0.2, 0.25) is 0 Å². The van der Waals surface area contributed by atoms with E-state index in [-0.39, 0.29) is 88.7 Å². The molecule has 10 heteroatoms. The molecule has 0 N–H and O–H groups in total. The van der Waals surface area contributed by atoms with Crippen LogP contribution in [0.1, 0.15) is 0 Å². The van der Waals surface area contributed by atoms with Crippen LogP contribution in [0.15, 0.2) is 40.1 Å². The second-order valence-electron chi connectivity index (χ2n) is 3.31. The van der Waals surface area contributed by atoms with Gasteiger partial charge in [0.05, 0.1) is 0 Å². The molecule has 0 amide bonds. The molecule has 0 saturated carbocycles. The number of hydrogen-bond acceptors (Lipinski definition) is 2. The molecule has 2 aromatic carbocycles. The van der Waals surface area contributed by atoms with Crippen molar-refractivity contribution in [1.29, 1.82) is 0 Å². The minimum Gasteiger partial charge on any atom is -0.142 e. The van der Waals surface area contributed by atoms with Gasteiger partial charge in [0, 0.05) is 116 Å². The Morgan fingerprint density at radius 2 is 1.00 bits per heavy atom. The van der Waals surface area contributed by atoms with Crippen molar-refractivity contribution < 1.29 is 0 Å². The van der Waals surface area contributed by atoms with Crippen molar-refractivity contribution in [3.8, 4) is 0 Å². The van der Waals surface area contributed by atoms with Crippen molar-refractivity contribution in [2.45, 2.75) is 9.79 Å². The van der Waals surface area contributed by atoms with Gasteiger partial charge in [-0.25, -0.2) is 0 Å². The molecule has 0 fully saturated rings.